The third kappa shape index (κ3) is 13.6. The number of ether oxygens (including phenoxy) is 2. The molecular weight excluding hydrogens is 658 g/mol. The van der Waals surface area contributed by atoms with Crippen LogP contribution in [0.2, 0.25) is 0 Å². The van der Waals surface area contributed by atoms with Gasteiger partial charge in [-0.15, -0.1) is 0 Å². The fourth-order valence-corrected chi connectivity index (χ4v) is 11.9. The normalized spacial score (nSPS) is 18.7. The summed E-state index contributed by atoms with van der Waals surface area (Å²) < 4.78 is 56.2. The third-order valence-electron chi connectivity index (χ3n) is 9.08. The molecule has 0 saturated heterocycles. The molecule has 1 aliphatic heterocycles. The number of esters is 1. The molecule has 278 valence electrons. The second kappa shape index (κ2) is 20.2. The summed E-state index contributed by atoms with van der Waals surface area (Å²) in [6, 6.07) is 1.96. The summed E-state index contributed by atoms with van der Waals surface area (Å²) in [4.78, 5) is 13.2. The van der Waals surface area contributed by atoms with Crippen molar-refractivity contribution in [3.05, 3.63) is 57.7 Å². The molecule has 1 aromatic rings. The number of hydrogen-bond acceptors (Lipinski definition) is 8. The molecule has 8 nitrogen and oxygen atoms in total. The lowest BCUT2D eigenvalue weighted by atomic mass is 9.86. The SMILES string of the molecule is CCOP(C)(=O)C(CCC(=O)Oc1c(C)cc2c(c1C)CCC(C)(CC/C=C(\C)CC/C=C(\C)CCC=C(C)C)O2)P(=O)(OCC)OCC. The van der Waals surface area contributed by atoms with Crippen molar-refractivity contribution in [3.8, 4) is 11.5 Å². The van der Waals surface area contributed by atoms with E-state index in [0.29, 0.717) is 5.75 Å². The lowest BCUT2D eigenvalue weighted by Crippen LogP contribution is -2.36. The summed E-state index contributed by atoms with van der Waals surface area (Å²) in [7, 11) is -7.26. The molecule has 0 amide bonds. The second-order valence-corrected chi connectivity index (χ2v) is 19.2. The zero-order valence-electron chi connectivity index (χ0n) is 32.2. The van der Waals surface area contributed by atoms with Crippen LogP contribution in [0.25, 0.3) is 0 Å². The molecule has 0 N–H and O–H groups in total. The summed E-state index contributed by atoms with van der Waals surface area (Å²) >= 11 is 0. The lowest BCUT2D eigenvalue weighted by molar-refractivity contribution is -0.134. The number of carbonyl (C=O) groups excluding carboxylic acids is 1. The smallest absolute Gasteiger partial charge is 0.343 e. The van der Waals surface area contributed by atoms with Crippen LogP contribution in [-0.4, -0.2) is 43.5 Å². The van der Waals surface area contributed by atoms with E-state index in [-0.39, 0.29) is 38.3 Å². The third-order valence-corrected chi connectivity index (χ3v) is 15.5. The van der Waals surface area contributed by atoms with E-state index in [9.17, 15) is 13.9 Å². The van der Waals surface area contributed by atoms with Gasteiger partial charge in [0.25, 0.3) is 0 Å². The van der Waals surface area contributed by atoms with E-state index in [1.807, 2.05) is 19.9 Å². The van der Waals surface area contributed by atoms with Crippen LogP contribution in [0.15, 0.2) is 41.0 Å². The monoisotopic (exact) mass is 722 g/mol. The molecule has 1 aromatic carbocycles. The van der Waals surface area contributed by atoms with Crippen molar-refractivity contribution in [1.29, 1.82) is 0 Å². The summed E-state index contributed by atoms with van der Waals surface area (Å²) in [6.45, 7) is 21.7. The predicted octanol–water partition coefficient (Wildman–Crippen LogP) is 11.8. The van der Waals surface area contributed by atoms with E-state index >= 15 is 0 Å². The number of rotatable bonds is 21. The summed E-state index contributed by atoms with van der Waals surface area (Å²) in [5, 5.41) is -1.08. The number of benzene rings is 1. The van der Waals surface area contributed by atoms with E-state index in [0.717, 1.165) is 73.8 Å². The fourth-order valence-electron chi connectivity index (χ4n) is 6.34. The Morgan fingerprint density at radius 1 is 0.898 bits per heavy atom. The van der Waals surface area contributed by atoms with Crippen LogP contribution in [0.4, 0.5) is 0 Å². The van der Waals surface area contributed by atoms with E-state index in [1.165, 1.54) is 23.4 Å². The van der Waals surface area contributed by atoms with Crippen LogP contribution in [0.3, 0.4) is 0 Å². The molecule has 0 spiro atoms. The molecule has 10 heteroatoms. The Balaban J connectivity index is 2.05. The highest BCUT2D eigenvalue weighted by molar-refractivity contribution is 7.74. The topological polar surface area (TPSA) is 97.4 Å². The zero-order valence-corrected chi connectivity index (χ0v) is 34.0. The highest BCUT2D eigenvalue weighted by Gasteiger charge is 2.46. The number of carbonyl (C=O) groups is 1. The summed E-state index contributed by atoms with van der Waals surface area (Å²) in [5.74, 6) is 0.843. The van der Waals surface area contributed by atoms with Gasteiger partial charge in [0.15, 0.2) is 0 Å². The predicted molar refractivity (Wildman–Crippen MR) is 203 cm³/mol. The zero-order chi connectivity index (χ0) is 36.8. The Morgan fingerprint density at radius 3 is 2.04 bits per heavy atom. The molecule has 3 atom stereocenters. The first kappa shape index (κ1) is 43.2. The van der Waals surface area contributed by atoms with Gasteiger partial charge >= 0.3 is 13.6 Å². The Morgan fingerprint density at radius 2 is 1.47 bits per heavy atom. The lowest BCUT2D eigenvalue weighted by Gasteiger charge is -2.37. The van der Waals surface area contributed by atoms with Crippen molar-refractivity contribution in [2.45, 2.75) is 144 Å². The van der Waals surface area contributed by atoms with Crippen molar-refractivity contribution in [1.82, 2.24) is 0 Å². The molecule has 1 heterocycles. The maximum atomic E-state index is 13.7. The second-order valence-electron chi connectivity index (χ2n) is 13.9. The first-order valence-electron chi connectivity index (χ1n) is 18.1. The minimum absolute atomic E-state index is 0.0186. The van der Waals surface area contributed by atoms with Gasteiger partial charge < -0.3 is 23.0 Å². The average Bonchev–Trinajstić information content (AvgIpc) is 2.99. The fraction of sp³-hybridized carbons (Fsp3) is 0.667. The Hall–Kier alpha value is -1.95. The number of allylic oxidation sites excluding steroid dienone is 6. The van der Waals surface area contributed by atoms with E-state index in [4.69, 9.17) is 23.0 Å². The van der Waals surface area contributed by atoms with Crippen LogP contribution in [-0.2, 0) is 33.9 Å². The molecule has 49 heavy (non-hydrogen) atoms. The summed E-state index contributed by atoms with van der Waals surface area (Å²) in [6.07, 6.45) is 14.9. The molecule has 0 radical (unpaired) electrons. The van der Waals surface area contributed by atoms with Gasteiger partial charge in [-0.3, -0.25) is 13.9 Å². The van der Waals surface area contributed by atoms with Crippen LogP contribution in [0.1, 0.15) is 130 Å². The highest BCUT2D eigenvalue weighted by atomic mass is 31.2. The Bertz CT molecular complexity index is 1430. The van der Waals surface area contributed by atoms with E-state index < -0.39 is 26.3 Å². The van der Waals surface area contributed by atoms with Gasteiger partial charge in [0.05, 0.1) is 19.8 Å². The highest BCUT2D eigenvalue weighted by Crippen LogP contribution is 2.69. The van der Waals surface area contributed by atoms with Gasteiger partial charge in [-0.25, -0.2) is 0 Å². The number of aryl methyl sites for hydroxylation is 1. The molecule has 0 bridgehead atoms. The standard InChI is InChI=1S/C39H64O8P2/c1-12-43-48(11,41)37(49(42,44-13-2)45-14-3)24-23-36(40)46-38-32(8)28-35-34(33(38)9)25-27-39(10,47-35)26-17-22-31(7)21-16-20-30(6)19-15-18-29(4)5/h18,20,22,28,37H,12-17,19,21,23-27H2,1-11H3/b30-20+,31-22+. The van der Waals surface area contributed by atoms with Gasteiger partial charge in [0, 0.05) is 18.6 Å². The van der Waals surface area contributed by atoms with E-state index in [2.05, 4.69) is 52.8 Å². The largest absolute Gasteiger partial charge is 0.487 e. The molecule has 1 aliphatic rings. The van der Waals surface area contributed by atoms with Gasteiger partial charge in [-0.05, 0) is 144 Å². The van der Waals surface area contributed by atoms with Gasteiger partial charge in [0.1, 0.15) is 22.5 Å². The molecule has 3 unspecified atom stereocenters. The van der Waals surface area contributed by atoms with Crippen molar-refractivity contribution in [2.75, 3.05) is 26.5 Å². The average molecular weight is 723 g/mol. The van der Waals surface area contributed by atoms with Gasteiger partial charge in [-0.2, -0.15) is 0 Å². The van der Waals surface area contributed by atoms with Crippen LogP contribution >= 0.6 is 15.0 Å². The van der Waals surface area contributed by atoms with Crippen LogP contribution in [0.5, 0.6) is 11.5 Å². The van der Waals surface area contributed by atoms with Gasteiger partial charge in [0.2, 0.25) is 7.37 Å². The Labute approximate surface area is 297 Å². The molecule has 0 saturated carbocycles. The first-order chi connectivity index (χ1) is 23.0. The summed E-state index contributed by atoms with van der Waals surface area (Å²) in [5.41, 5.74) is 6.71. The van der Waals surface area contributed by atoms with E-state index in [1.54, 1.807) is 20.8 Å². The quantitative estimate of drug-likeness (QED) is 0.0535. The Kier molecular flexibility index (Phi) is 17.8. The van der Waals surface area contributed by atoms with Crippen molar-refractivity contribution in [3.63, 3.8) is 0 Å². The van der Waals surface area contributed by atoms with Crippen LogP contribution < -0.4 is 9.47 Å². The molecule has 0 fully saturated rings. The molecule has 2 rings (SSSR count). The molecular formula is C39H64O8P2. The van der Waals surface area contributed by atoms with Crippen molar-refractivity contribution < 1.29 is 37.0 Å². The minimum atomic E-state index is -3.82. The molecule has 0 aromatic heterocycles. The van der Waals surface area contributed by atoms with Crippen LogP contribution in [0, 0.1) is 13.8 Å². The molecule has 0 aliphatic carbocycles. The first-order valence-corrected chi connectivity index (χ1v) is 21.8. The number of hydrogen-bond donors (Lipinski definition) is 0. The maximum Gasteiger partial charge on any atom is 0.343 e. The van der Waals surface area contributed by atoms with Gasteiger partial charge in [-0.1, -0.05) is 34.9 Å². The maximum absolute atomic E-state index is 13.7. The van der Waals surface area contributed by atoms with Crippen molar-refractivity contribution in [2.24, 2.45) is 0 Å². The number of fused-ring (bicyclic) bond motifs is 1. The van der Waals surface area contributed by atoms with Crippen molar-refractivity contribution >= 4 is 20.9 Å². The minimum Gasteiger partial charge on any atom is -0.487 e.